The number of carbonyl (C=O) groups excluding carboxylic acids is 1. The lowest BCUT2D eigenvalue weighted by atomic mass is 10.1. The van der Waals surface area contributed by atoms with Crippen LogP contribution in [0, 0.1) is 0 Å². The van der Waals surface area contributed by atoms with Gasteiger partial charge in [-0.2, -0.15) is 8.78 Å². The number of pyridine rings is 1. The fraction of sp³-hybridized carbons (Fsp3) is 0.280. The molecule has 1 aromatic heterocycles. The summed E-state index contributed by atoms with van der Waals surface area (Å²) in [6.07, 6.45) is 3.24. The largest absolute Gasteiger partial charge is 0.490 e. The van der Waals surface area contributed by atoms with Crippen molar-refractivity contribution in [3.8, 4) is 22.8 Å². The first-order chi connectivity index (χ1) is 16.5. The predicted molar refractivity (Wildman–Crippen MR) is 130 cm³/mol. The molecule has 180 valence electrons. The molecule has 0 aliphatic rings. The van der Waals surface area contributed by atoms with E-state index in [0.717, 1.165) is 30.5 Å². The molecule has 2 amide bonds. The van der Waals surface area contributed by atoms with E-state index in [0.29, 0.717) is 29.5 Å². The van der Waals surface area contributed by atoms with Gasteiger partial charge in [0.1, 0.15) is 5.75 Å². The minimum Gasteiger partial charge on any atom is -0.490 e. The average Bonchev–Trinajstić information content (AvgIpc) is 2.83. The minimum absolute atomic E-state index is 0.0134. The summed E-state index contributed by atoms with van der Waals surface area (Å²) in [5.74, 6) is 1.35. The number of halogens is 2. The van der Waals surface area contributed by atoms with Crippen LogP contribution in [0.4, 0.5) is 30.8 Å². The van der Waals surface area contributed by atoms with Crippen molar-refractivity contribution in [2.45, 2.75) is 32.8 Å². The van der Waals surface area contributed by atoms with Crippen molar-refractivity contribution in [3.05, 3.63) is 60.7 Å². The molecule has 0 atom stereocenters. The summed E-state index contributed by atoms with van der Waals surface area (Å²) in [6.45, 7) is -0.115. The molecule has 3 rings (SSSR count). The summed E-state index contributed by atoms with van der Waals surface area (Å²) in [7, 11) is 1.79. The molecular formula is C25H28F2N4O3. The van der Waals surface area contributed by atoms with E-state index in [4.69, 9.17) is 4.74 Å². The average molecular weight is 471 g/mol. The summed E-state index contributed by atoms with van der Waals surface area (Å²) in [5, 5.41) is 8.48. The van der Waals surface area contributed by atoms with Crippen molar-refractivity contribution in [1.29, 1.82) is 0 Å². The van der Waals surface area contributed by atoms with Crippen molar-refractivity contribution in [3.63, 3.8) is 0 Å². The van der Waals surface area contributed by atoms with Crippen LogP contribution in [0.2, 0.25) is 0 Å². The molecule has 0 aliphatic carbocycles. The van der Waals surface area contributed by atoms with Crippen LogP contribution in [0.5, 0.6) is 11.5 Å². The third-order valence-corrected chi connectivity index (χ3v) is 4.85. The van der Waals surface area contributed by atoms with Gasteiger partial charge in [0.15, 0.2) is 11.6 Å². The molecular weight excluding hydrogens is 442 g/mol. The Morgan fingerprint density at radius 3 is 2.47 bits per heavy atom. The molecule has 34 heavy (non-hydrogen) atoms. The molecule has 0 unspecified atom stereocenters. The van der Waals surface area contributed by atoms with Gasteiger partial charge in [0.2, 0.25) is 0 Å². The second kappa shape index (κ2) is 12.4. The molecule has 3 aromatic rings. The quantitative estimate of drug-likeness (QED) is 0.275. The zero-order chi connectivity index (χ0) is 24.3. The van der Waals surface area contributed by atoms with Crippen LogP contribution in [0.25, 0.3) is 11.3 Å². The normalized spacial score (nSPS) is 10.6. The molecule has 2 aromatic carbocycles. The Bertz CT molecular complexity index is 1080. The SMILES string of the molecule is CCCCCOc1ccc(-c2cccc(NC(=O)Nc3ccc(OC(F)F)cc3)c2)nc1NC. The lowest BCUT2D eigenvalue weighted by molar-refractivity contribution is -0.0498. The summed E-state index contributed by atoms with van der Waals surface area (Å²) in [6, 6.07) is 16.2. The Labute approximate surface area is 197 Å². The maximum Gasteiger partial charge on any atom is 0.387 e. The lowest BCUT2D eigenvalue weighted by Crippen LogP contribution is -2.19. The Morgan fingerprint density at radius 2 is 1.76 bits per heavy atom. The minimum atomic E-state index is -2.90. The maximum atomic E-state index is 12.4. The van der Waals surface area contributed by atoms with Crippen LogP contribution < -0.4 is 25.4 Å². The number of nitrogens with one attached hydrogen (secondary N) is 3. The smallest absolute Gasteiger partial charge is 0.387 e. The highest BCUT2D eigenvalue weighted by Gasteiger charge is 2.10. The molecule has 0 spiro atoms. The van der Waals surface area contributed by atoms with Crippen molar-refractivity contribution >= 4 is 23.2 Å². The number of unbranched alkanes of at least 4 members (excludes halogenated alkanes) is 2. The van der Waals surface area contributed by atoms with E-state index in [-0.39, 0.29) is 5.75 Å². The first-order valence-electron chi connectivity index (χ1n) is 11.0. The van der Waals surface area contributed by atoms with Gasteiger partial charge in [-0.25, -0.2) is 9.78 Å². The van der Waals surface area contributed by atoms with Gasteiger partial charge in [0, 0.05) is 24.0 Å². The zero-order valence-electron chi connectivity index (χ0n) is 19.1. The van der Waals surface area contributed by atoms with Crippen LogP contribution in [0.3, 0.4) is 0 Å². The molecule has 0 fully saturated rings. The monoisotopic (exact) mass is 470 g/mol. The summed E-state index contributed by atoms with van der Waals surface area (Å²) in [4.78, 5) is 17.0. The molecule has 7 nitrogen and oxygen atoms in total. The maximum absolute atomic E-state index is 12.4. The van der Waals surface area contributed by atoms with Crippen LogP contribution in [0.1, 0.15) is 26.2 Å². The van der Waals surface area contributed by atoms with Gasteiger partial charge in [0.05, 0.1) is 12.3 Å². The number of ether oxygens (including phenoxy) is 2. The Kier molecular flexibility index (Phi) is 9.02. The molecule has 0 bridgehead atoms. The second-order valence-corrected chi connectivity index (χ2v) is 7.41. The fourth-order valence-corrected chi connectivity index (χ4v) is 3.21. The number of amides is 2. The zero-order valence-corrected chi connectivity index (χ0v) is 19.1. The van der Waals surface area contributed by atoms with Gasteiger partial charge in [-0.15, -0.1) is 0 Å². The summed E-state index contributed by atoms with van der Waals surface area (Å²) in [5.41, 5.74) is 2.55. The number of hydrogen-bond acceptors (Lipinski definition) is 5. The van der Waals surface area contributed by atoms with Crippen LogP contribution in [0.15, 0.2) is 60.7 Å². The van der Waals surface area contributed by atoms with E-state index in [2.05, 4.69) is 32.6 Å². The number of nitrogens with zero attached hydrogens (tertiary/aromatic N) is 1. The standard InChI is InChI=1S/C25H28F2N4O3/c1-3-4-5-15-33-22-14-13-21(31-23(22)28-2)17-7-6-8-19(16-17)30-25(32)29-18-9-11-20(12-10-18)34-24(26)27/h6-14,16,24H,3-5,15H2,1-2H3,(H,28,31)(H2,29,30,32). The van der Waals surface area contributed by atoms with Gasteiger partial charge in [0.25, 0.3) is 0 Å². The van der Waals surface area contributed by atoms with Crippen molar-refractivity contribution in [1.82, 2.24) is 4.98 Å². The summed E-state index contributed by atoms with van der Waals surface area (Å²) >= 11 is 0. The van der Waals surface area contributed by atoms with Crippen molar-refractivity contribution in [2.24, 2.45) is 0 Å². The number of benzene rings is 2. The molecule has 9 heteroatoms. The van der Waals surface area contributed by atoms with Gasteiger partial charge in [-0.1, -0.05) is 31.9 Å². The third kappa shape index (κ3) is 7.33. The highest BCUT2D eigenvalue weighted by Crippen LogP contribution is 2.28. The number of aromatic nitrogens is 1. The number of rotatable bonds is 11. The van der Waals surface area contributed by atoms with Gasteiger partial charge in [-0.05, 0) is 55.0 Å². The molecule has 0 saturated heterocycles. The first-order valence-corrected chi connectivity index (χ1v) is 11.0. The van der Waals surface area contributed by atoms with E-state index in [1.165, 1.54) is 24.3 Å². The van der Waals surface area contributed by atoms with E-state index >= 15 is 0 Å². The molecule has 1 heterocycles. The first kappa shape index (κ1) is 24.8. The van der Waals surface area contributed by atoms with E-state index in [1.807, 2.05) is 30.3 Å². The van der Waals surface area contributed by atoms with E-state index in [1.54, 1.807) is 13.1 Å². The number of carbonyl (C=O) groups is 1. The van der Waals surface area contributed by atoms with Crippen LogP contribution in [-0.4, -0.2) is 31.3 Å². The van der Waals surface area contributed by atoms with Crippen LogP contribution in [-0.2, 0) is 0 Å². The number of anilines is 3. The number of urea groups is 1. The number of hydrogen-bond donors (Lipinski definition) is 3. The number of alkyl halides is 2. The summed E-state index contributed by atoms with van der Waals surface area (Å²) < 4.78 is 34.6. The van der Waals surface area contributed by atoms with Gasteiger partial charge < -0.3 is 25.4 Å². The second-order valence-electron chi connectivity index (χ2n) is 7.41. The third-order valence-electron chi connectivity index (χ3n) is 4.85. The van der Waals surface area contributed by atoms with Gasteiger partial charge in [-0.3, -0.25) is 0 Å². The Hall–Kier alpha value is -3.88. The topological polar surface area (TPSA) is 84.5 Å². The molecule has 3 N–H and O–H groups in total. The van der Waals surface area contributed by atoms with E-state index < -0.39 is 12.6 Å². The molecule has 0 radical (unpaired) electrons. The van der Waals surface area contributed by atoms with Gasteiger partial charge >= 0.3 is 12.6 Å². The Balaban J connectivity index is 1.64. The fourth-order valence-electron chi connectivity index (χ4n) is 3.21. The highest BCUT2D eigenvalue weighted by atomic mass is 19.3. The van der Waals surface area contributed by atoms with E-state index in [9.17, 15) is 13.6 Å². The Morgan fingerprint density at radius 1 is 1.00 bits per heavy atom. The van der Waals surface area contributed by atoms with Crippen molar-refractivity contribution < 1.29 is 23.0 Å². The molecule has 0 aliphatic heterocycles. The van der Waals surface area contributed by atoms with Crippen molar-refractivity contribution in [2.75, 3.05) is 29.6 Å². The predicted octanol–water partition coefficient (Wildman–Crippen LogP) is 6.60. The lowest BCUT2D eigenvalue weighted by Gasteiger charge is -2.13. The van der Waals surface area contributed by atoms with Crippen LogP contribution >= 0.6 is 0 Å². The highest BCUT2D eigenvalue weighted by molar-refractivity contribution is 6.00. The molecule has 0 saturated carbocycles.